The standard InChI is InChI=1S/C12H14F2O3/c1-3-16-10-4-5-11(17-12(13)14)9(7-10)6-8(2)15/h4-5,7,12H,3,6H2,1-2H3. The molecule has 0 radical (unpaired) electrons. The van der Waals surface area contributed by atoms with Crippen LogP contribution in [0.2, 0.25) is 0 Å². The van der Waals surface area contributed by atoms with Gasteiger partial charge in [-0.25, -0.2) is 0 Å². The highest BCUT2D eigenvalue weighted by molar-refractivity contribution is 5.79. The molecule has 0 atom stereocenters. The van der Waals surface area contributed by atoms with Crippen molar-refractivity contribution in [2.75, 3.05) is 6.61 Å². The summed E-state index contributed by atoms with van der Waals surface area (Å²) in [4.78, 5) is 11.0. The van der Waals surface area contributed by atoms with Crippen molar-refractivity contribution in [1.29, 1.82) is 0 Å². The molecule has 0 saturated carbocycles. The fourth-order valence-corrected chi connectivity index (χ4v) is 1.43. The Bertz CT molecular complexity index is 391. The first-order valence-electron chi connectivity index (χ1n) is 5.23. The van der Waals surface area contributed by atoms with Gasteiger partial charge in [-0.05, 0) is 32.0 Å². The van der Waals surface area contributed by atoms with E-state index in [1.54, 1.807) is 6.07 Å². The van der Waals surface area contributed by atoms with Crippen LogP contribution in [0.25, 0.3) is 0 Å². The number of rotatable bonds is 6. The molecule has 1 aromatic carbocycles. The molecule has 0 saturated heterocycles. The van der Waals surface area contributed by atoms with Crippen molar-refractivity contribution in [3.63, 3.8) is 0 Å². The fraction of sp³-hybridized carbons (Fsp3) is 0.417. The van der Waals surface area contributed by atoms with Crippen molar-refractivity contribution in [2.45, 2.75) is 26.9 Å². The van der Waals surface area contributed by atoms with Gasteiger partial charge in [-0.2, -0.15) is 8.78 Å². The lowest BCUT2D eigenvalue weighted by Gasteiger charge is -2.11. The summed E-state index contributed by atoms with van der Waals surface area (Å²) >= 11 is 0. The van der Waals surface area contributed by atoms with Gasteiger partial charge in [-0.3, -0.25) is 4.79 Å². The molecule has 0 N–H and O–H groups in total. The van der Waals surface area contributed by atoms with E-state index in [1.807, 2.05) is 6.92 Å². The highest BCUT2D eigenvalue weighted by Gasteiger charge is 2.12. The van der Waals surface area contributed by atoms with Crippen LogP contribution in [0.5, 0.6) is 11.5 Å². The Labute approximate surface area is 98.3 Å². The molecule has 3 nitrogen and oxygen atoms in total. The summed E-state index contributed by atoms with van der Waals surface area (Å²) in [5, 5.41) is 0. The largest absolute Gasteiger partial charge is 0.494 e. The lowest BCUT2D eigenvalue weighted by atomic mass is 10.1. The second-order valence-electron chi connectivity index (χ2n) is 3.46. The lowest BCUT2D eigenvalue weighted by Crippen LogP contribution is -2.07. The third kappa shape index (κ3) is 4.38. The molecule has 5 heteroatoms. The molecule has 94 valence electrons. The minimum Gasteiger partial charge on any atom is -0.494 e. The molecule has 0 bridgehead atoms. The Morgan fingerprint density at radius 3 is 2.65 bits per heavy atom. The second kappa shape index (κ2) is 6.18. The van der Waals surface area contributed by atoms with Gasteiger partial charge in [0, 0.05) is 12.0 Å². The topological polar surface area (TPSA) is 35.5 Å². The summed E-state index contributed by atoms with van der Waals surface area (Å²) in [6, 6.07) is 4.46. The van der Waals surface area contributed by atoms with Gasteiger partial charge >= 0.3 is 6.61 Å². The first-order valence-corrected chi connectivity index (χ1v) is 5.23. The van der Waals surface area contributed by atoms with Crippen LogP contribution < -0.4 is 9.47 Å². The first-order chi connectivity index (χ1) is 8.02. The van der Waals surface area contributed by atoms with E-state index in [4.69, 9.17) is 4.74 Å². The zero-order chi connectivity index (χ0) is 12.8. The first kappa shape index (κ1) is 13.4. The van der Waals surface area contributed by atoms with Crippen molar-refractivity contribution in [3.05, 3.63) is 23.8 Å². The third-order valence-electron chi connectivity index (χ3n) is 2.00. The minimum atomic E-state index is -2.90. The summed E-state index contributed by atoms with van der Waals surface area (Å²) in [6.45, 7) is 0.765. The maximum Gasteiger partial charge on any atom is 0.387 e. The summed E-state index contributed by atoms with van der Waals surface area (Å²) in [7, 11) is 0. The molecule has 0 aromatic heterocycles. The number of benzene rings is 1. The van der Waals surface area contributed by atoms with Crippen molar-refractivity contribution < 1.29 is 23.0 Å². The van der Waals surface area contributed by atoms with Gasteiger partial charge in [0.2, 0.25) is 0 Å². The van der Waals surface area contributed by atoms with Crippen molar-refractivity contribution in [1.82, 2.24) is 0 Å². The van der Waals surface area contributed by atoms with Crippen molar-refractivity contribution in [2.24, 2.45) is 0 Å². The van der Waals surface area contributed by atoms with E-state index in [1.165, 1.54) is 19.1 Å². The number of alkyl halides is 2. The Morgan fingerprint density at radius 1 is 1.41 bits per heavy atom. The molecule has 0 aliphatic rings. The highest BCUT2D eigenvalue weighted by atomic mass is 19.3. The number of Topliss-reactive ketones (excluding diaryl/α,β-unsaturated/α-hetero) is 1. The number of ether oxygens (including phenoxy) is 2. The van der Waals surface area contributed by atoms with Crippen LogP contribution in [0.1, 0.15) is 19.4 Å². The van der Waals surface area contributed by atoms with Crippen molar-refractivity contribution in [3.8, 4) is 11.5 Å². The number of carbonyl (C=O) groups excluding carboxylic acids is 1. The van der Waals surface area contributed by atoms with E-state index >= 15 is 0 Å². The van der Waals surface area contributed by atoms with Crippen LogP contribution in [0.15, 0.2) is 18.2 Å². The van der Waals surface area contributed by atoms with Crippen LogP contribution >= 0.6 is 0 Å². The van der Waals surface area contributed by atoms with E-state index in [0.717, 1.165) is 0 Å². The zero-order valence-corrected chi connectivity index (χ0v) is 9.70. The predicted molar refractivity (Wildman–Crippen MR) is 58.6 cm³/mol. The van der Waals surface area contributed by atoms with Gasteiger partial charge < -0.3 is 9.47 Å². The quantitative estimate of drug-likeness (QED) is 0.771. The van der Waals surface area contributed by atoms with Gasteiger partial charge in [0.15, 0.2) is 0 Å². The lowest BCUT2D eigenvalue weighted by molar-refractivity contribution is -0.116. The molecule has 0 amide bonds. The van der Waals surface area contributed by atoms with E-state index in [9.17, 15) is 13.6 Å². The van der Waals surface area contributed by atoms with Crippen LogP contribution in [0, 0.1) is 0 Å². The summed E-state index contributed by atoms with van der Waals surface area (Å²) in [5.41, 5.74) is 0.406. The van der Waals surface area contributed by atoms with E-state index in [0.29, 0.717) is 17.9 Å². The van der Waals surface area contributed by atoms with Gasteiger partial charge in [0.25, 0.3) is 0 Å². The maximum atomic E-state index is 12.1. The summed E-state index contributed by atoms with van der Waals surface area (Å²) in [6.07, 6.45) is 0.0446. The van der Waals surface area contributed by atoms with E-state index < -0.39 is 6.61 Å². The Kier molecular flexibility index (Phi) is 4.87. The molecule has 1 aromatic rings. The van der Waals surface area contributed by atoms with Crippen LogP contribution in [-0.4, -0.2) is 19.0 Å². The summed E-state index contributed by atoms with van der Waals surface area (Å²) < 4.78 is 33.9. The Hall–Kier alpha value is -1.65. The Morgan fingerprint density at radius 2 is 2.12 bits per heavy atom. The van der Waals surface area contributed by atoms with Crippen LogP contribution in [0.4, 0.5) is 8.78 Å². The van der Waals surface area contributed by atoms with Gasteiger partial charge in [-0.15, -0.1) is 0 Å². The molecule has 0 aliphatic heterocycles. The normalized spacial score (nSPS) is 10.4. The van der Waals surface area contributed by atoms with Gasteiger partial charge in [-0.1, -0.05) is 0 Å². The second-order valence-corrected chi connectivity index (χ2v) is 3.46. The van der Waals surface area contributed by atoms with Crippen LogP contribution in [-0.2, 0) is 11.2 Å². The molecular formula is C12H14F2O3. The predicted octanol–water partition coefficient (Wildman–Crippen LogP) is 2.82. The smallest absolute Gasteiger partial charge is 0.387 e. The summed E-state index contributed by atoms with van der Waals surface area (Å²) in [5.74, 6) is 0.418. The molecule has 1 rings (SSSR count). The average molecular weight is 244 g/mol. The van der Waals surface area contributed by atoms with Gasteiger partial charge in [0.1, 0.15) is 17.3 Å². The highest BCUT2D eigenvalue weighted by Crippen LogP contribution is 2.26. The molecule has 17 heavy (non-hydrogen) atoms. The molecule has 0 fully saturated rings. The van der Waals surface area contributed by atoms with E-state index in [2.05, 4.69) is 4.74 Å². The van der Waals surface area contributed by atoms with Crippen LogP contribution in [0.3, 0.4) is 0 Å². The van der Waals surface area contributed by atoms with Crippen molar-refractivity contribution >= 4 is 5.78 Å². The third-order valence-corrected chi connectivity index (χ3v) is 2.00. The molecular weight excluding hydrogens is 230 g/mol. The zero-order valence-electron chi connectivity index (χ0n) is 9.70. The number of hydrogen-bond acceptors (Lipinski definition) is 3. The number of hydrogen-bond donors (Lipinski definition) is 0. The molecule has 0 heterocycles. The maximum absolute atomic E-state index is 12.1. The number of carbonyl (C=O) groups is 1. The van der Waals surface area contributed by atoms with Gasteiger partial charge in [0.05, 0.1) is 6.61 Å². The monoisotopic (exact) mass is 244 g/mol. The average Bonchev–Trinajstić information content (AvgIpc) is 2.21. The number of halogens is 2. The SMILES string of the molecule is CCOc1ccc(OC(F)F)c(CC(C)=O)c1. The molecule has 0 unspecified atom stereocenters. The number of ketones is 1. The Balaban J connectivity index is 2.98. The minimum absolute atomic E-state index is 0.0126. The molecule has 0 aliphatic carbocycles. The van der Waals surface area contributed by atoms with E-state index in [-0.39, 0.29) is 18.0 Å². The molecule has 0 spiro atoms. The fourth-order valence-electron chi connectivity index (χ4n) is 1.43.